The lowest BCUT2D eigenvalue weighted by molar-refractivity contribution is 1.17. The molecule has 0 spiro atoms. The number of anilines is 1. The largest absolute Gasteiger partial charge is 0.380 e. The summed E-state index contributed by atoms with van der Waals surface area (Å²) in [5.41, 5.74) is 4.87. The molecule has 0 aliphatic carbocycles. The molecule has 0 radical (unpaired) electrons. The van der Waals surface area contributed by atoms with Crippen LogP contribution >= 0.6 is 22.9 Å². The Hall–Kier alpha value is -1.84. The van der Waals surface area contributed by atoms with Gasteiger partial charge in [-0.1, -0.05) is 48.0 Å². The summed E-state index contributed by atoms with van der Waals surface area (Å²) >= 11 is 7.35. The molecule has 1 aromatic heterocycles. The zero-order valence-corrected chi connectivity index (χ0v) is 13.2. The molecule has 0 aliphatic heterocycles. The molecule has 1 N–H and O–H groups in total. The Kier molecular flexibility index (Phi) is 4.23. The maximum absolute atomic E-state index is 5.84. The van der Waals surface area contributed by atoms with E-state index in [2.05, 4.69) is 65.8 Å². The highest BCUT2D eigenvalue weighted by atomic mass is 35.5. The van der Waals surface area contributed by atoms with Gasteiger partial charge in [0.15, 0.2) is 4.47 Å². The van der Waals surface area contributed by atoms with Crippen LogP contribution in [0.15, 0.2) is 54.7 Å². The van der Waals surface area contributed by atoms with E-state index in [4.69, 9.17) is 11.6 Å². The number of hydrogen-bond acceptors (Lipinski definition) is 3. The van der Waals surface area contributed by atoms with E-state index >= 15 is 0 Å². The number of hydrogen-bond donors (Lipinski definition) is 1. The van der Waals surface area contributed by atoms with Gasteiger partial charge < -0.3 is 5.32 Å². The molecule has 2 aromatic carbocycles. The van der Waals surface area contributed by atoms with Crippen molar-refractivity contribution in [3.8, 4) is 11.1 Å². The summed E-state index contributed by atoms with van der Waals surface area (Å²) in [4.78, 5) is 5.18. The van der Waals surface area contributed by atoms with Crippen molar-refractivity contribution in [2.75, 3.05) is 5.32 Å². The molecule has 0 amide bonds. The molecule has 1 heterocycles. The predicted molar refractivity (Wildman–Crippen MR) is 91.1 cm³/mol. The van der Waals surface area contributed by atoms with Gasteiger partial charge in [-0.15, -0.1) is 11.3 Å². The lowest BCUT2D eigenvalue weighted by Crippen LogP contribution is -1.97. The van der Waals surface area contributed by atoms with Gasteiger partial charge in [0.25, 0.3) is 0 Å². The molecule has 106 valence electrons. The standard InChI is InChI=1S/C17H15ClN2S/c1-12-5-2-3-8-16(12)13-6-4-7-14(9-13)19-10-15-11-20-17(18)21-15/h2-9,11,19H,10H2,1H3. The molecule has 0 fully saturated rings. The van der Waals surface area contributed by atoms with Gasteiger partial charge in [0.05, 0.1) is 6.54 Å². The Morgan fingerprint density at radius 1 is 1.14 bits per heavy atom. The van der Waals surface area contributed by atoms with Crippen LogP contribution in [0.4, 0.5) is 5.69 Å². The molecule has 2 nitrogen and oxygen atoms in total. The molecule has 0 saturated carbocycles. The highest BCUT2D eigenvalue weighted by molar-refractivity contribution is 7.15. The summed E-state index contributed by atoms with van der Waals surface area (Å²) in [5.74, 6) is 0. The Bertz CT molecular complexity index is 752. The van der Waals surface area contributed by atoms with Gasteiger partial charge in [-0.25, -0.2) is 4.98 Å². The van der Waals surface area contributed by atoms with Crippen molar-refractivity contribution in [2.24, 2.45) is 0 Å². The van der Waals surface area contributed by atoms with Crippen molar-refractivity contribution in [3.63, 3.8) is 0 Å². The number of halogens is 1. The van der Waals surface area contributed by atoms with Crippen LogP contribution in [0.25, 0.3) is 11.1 Å². The lowest BCUT2D eigenvalue weighted by Gasteiger charge is -2.09. The molecular formula is C17H15ClN2S. The zero-order chi connectivity index (χ0) is 14.7. The molecule has 4 heteroatoms. The third-order valence-electron chi connectivity index (χ3n) is 3.31. The van der Waals surface area contributed by atoms with Crippen molar-refractivity contribution >= 4 is 28.6 Å². The maximum atomic E-state index is 5.84. The first-order valence-electron chi connectivity index (χ1n) is 6.72. The van der Waals surface area contributed by atoms with Crippen molar-refractivity contribution in [1.82, 2.24) is 4.98 Å². The average molecular weight is 315 g/mol. The summed E-state index contributed by atoms with van der Waals surface area (Å²) in [6.07, 6.45) is 1.81. The number of benzene rings is 2. The minimum Gasteiger partial charge on any atom is -0.380 e. The first-order chi connectivity index (χ1) is 10.2. The van der Waals surface area contributed by atoms with Crippen LogP contribution in [0.3, 0.4) is 0 Å². The number of nitrogens with one attached hydrogen (secondary N) is 1. The van der Waals surface area contributed by atoms with Crippen LogP contribution in [-0.2, 0) is 6.54 Å². The van der Waals surface area contributed by atoms with Crippen LogP contribution in [0.2, 0.25) is 4.47 Å². The Morgan fingerprint density at radius 3 is 2.76 bits per heavy atom. The predicted octanol–water partition coefficient (Wildman–Crippen LogP) is 5.38. The fourth-order valence-electron chi connectivity index (χ4n) is 2.25. The summed E-state index contributed by atoms with van der Waals surface area (Å²) in [5, 5.41) is 3.42. The monoisotopic (exact) mass is 314 g/mol. The molecule has 0 aliphatic rings. The first-order valence-corrected chi connectivity index (χ1v) is 7.92. The van der Waals surface area contributed by atoms with Crippen molar-refractivity contribution in [2.45, 2.75) is 13.5 Å². The molecule has 0 unspecified atom stereocenters. The lowest BCUT2D eigenvalue weighted by atomic mass is 10.0. The van der Waals surface area contributed by atoms with E-state index in [1.807, 2.05) is 6.20 Å². The molecule has 0 atom stereocenters. The quantitative estimate of drug-likeness (QED) is 0.699. The number of thiazole rings is 1. The molecule has 0 bridgehead atoms. The van der Waals surface area contributed by atoms with Gasteiger partial charge in [0, 0.05) is 16.8 Å². The second kappa shape index (κ2) is 6.29. The third kappa shape index (κ3) is 3.43. The third-order valence-corrected chi connectivity index (χ3v) is 4.43. The smallest absolute Gasteiger partial charge is 0.183 e. The van der Waals surface area contributed by atoms with E-state index in [1.54, 1.807) is 0 Å². The SMILES string of the molecule is Cc1ccccc1-c1cccc(NCc2cnc(Cl)s2)c1. The van der Waals surface area contributed by atoms with Crippen LogP contribution in [0.1, 0.15) is 10.4 Å². The summed E-state index contributed by atoms with van der Waals surface area (Å²) < 4.78 is 0.584. The number of nitrogens with zero attached hydrogens (tertiary/aromatic N) is 1. The first kappa shape index (κ1) is 14.1. The van der Waals surface area contributed by atoms with Gasteiger partial charge >= 0.3 is 0 Å². The number of aryl methyl sites for hydroxylation is 1. The van der Waals surface area contributed by atoms with Crippen molar-refractivity contribution < 1.29 is 0 Å². The van der Waals surface area contributed by atoms with E-state index in [0.29, 0.717) is 4.47 Å². The normalized spacial score (nSPS) is 10.6. The Morgan fingerprint density at radius 2 is 2.00 bits per heavy atom. The van der Waals surface area contributed by atoms with Gasteiger partial charge in [-0.3, -0.25) is 0 Å². The van der Waals surface area contributed by atoms with Crippen LogP contribution in [0.5, 0.6) is 0 Å². The fourth-order valence-corrected chi connectivity index (χ4v) is 3.17. The molecule has 0 saturated heterocycles. The van der Waals surface area contributed by atoms with Crippen LogP contribution in [0, 0.1) is 6.92 Å². The Balaban J connectivity index is 1.79. The second-order valence-corrected chi connectivity index (χ2v) is 6.53. The summed E-state index contributed by atoms with van der Waals surface area (Å²) in [7, 11) is 0. The molecular weight excluding hydrogens is 300 g/mol. The minimum absolute atomic E-state index is 0.584. The average Bonchev–Trinajstić information content (AvgIpc) is 2.92. The van der Waals surface area contributed by atoms with E-state index < -0.39 is 0 Å². The molecule has 21 heavy (non-hydrogen) atoms. The van der Waals surface area contributed by atoms with Crippen LogP contribution < -0.4 is 5.32 Å². The van der Waals surface area contributed by atoms with Crippen molar-refractivity contribution in [3.05, 3.63) is 69.6 Å². The van der Waals surface area contributed by atoms with Crippen LogP contribution in [-0.4, -0.2) is 4.98 Å². The van der Waals surface area contributed by atoms with E-state index in [9.17, 15) is 0 Å². The van der Waals surface area contributed by atoms with Gasteiger partial charge in [0.2, 0.25) is 0 Å². The fraction of sp³-hybridized carbons (Fsp3) is 0.118. The number of aromatic nitrogens is 1. The van der Waals surface area contributed by atoms with Crippen molar-refractivity contribution in [1.29, 1.82) is 0 Å². The maximum Gasteiger partial charge on any atom is 0.183 e. The highest BCUT2D eigenvalue weighted by Gasteiger charge is 2.03. The van der Waals surface area contributed by atoms with Gasteiger partial charge in [-0.05, 0) is 35.7 Å². The van der Waals surface area contributed by atoms with Gasteiger partial charge in [-0.2, -0.15) is 0 Å². The van der Waals surface area contributed by atoms with Gasteiger partial charge in [0.1, 0.15) is 0 Å². The zero-order valence-electron chi connectivity index (χ0n) is 11.6. The van der Waals surface area contributed by atoms with E-state index in [-0.39, 0.29) is 0 Å². The molecule has 3 aromatic rings. The van der Waals surface area contributed by atoms with E-state index in [0.717, 1.165) is 17.1 Å². The summed E-state index contributed by atoms with van der Waals surface area (Å²) in [6.45, 7) is 2.87. The second-order valence-electron chi connectivity index (χ2n) is 4.83. The molecule has 3 rings (SSSR count). The minimum atomic E-state index is 0.584. The number of rotatable bonds is 4. The highest BCUT2D eigenvalue weighted by Crippen LogP contribution is 2.26. The van der Waals surface area contributed by atoms with E-state index in [1.165, 1.54) is 28.0 Å². The Labute approximate surface area is 133 Å². The summed E-state index contributed by atoms with van der Waals surface area (Å²) in [6, 6.07) is 16.9. The topological polar surface area (TPSA) is 24.9 Å².